The molecule has 10 heteroatoms. The Morgan fingerprint density at radius 1 is 0.167 bits per heavy atom. The average Bonchev–Trinajstić information content (AvgIpc) is 1.67. The van der Waals surface area contributed by atoms with Crippen molar-refractivity contribution >= 4 is 109 Å². The normalized spacial score (nSPS) is 11.5. The summed E-state index contributed by atoms with van der Waals surface area (Å²) in [6.07, 6.45) is 11.2. The van der Waals surface area contributed by atoms with E-state index < -0.39 is 0 Å². The van der Waals surface area contributed by atoms with Gasteiger partial charge in [0.1, 0.15) is 22.3 Å². The minimum absolute atomic E-state index is 0.817. The van der Waals surface area contributed by atoms with E-state index in [1.165, 1.54) is 65.9 Å². The van der Waals surface area contributed by atoms with Crippen molar-refractivity contribution in [2.75, 3.05) is 0 Å². The van der Waals surface area contributed by atoms with Crippen LogP contribution >= 0.6 is 0 Å². The van der Waals surface area contributed by atoms with Gasteiger partial charge in [0.15, 0.2) is 0 Å². The van der Waals surface area contributed by atoms with E-state index in [0.717, 1.165) is 167 Å². The smallest absolute Gasteiger partial charge is 0.143 e. The molecule has 0 aliphatic heterocycles. The van der Waals surface area contributed by atoms with Gasteiger partial charge in [0.2, 0.25) is 0 Å². The van der Waals surface area contributed by atoms with Crippen LogP contribution in [0.2, 0.25) is 0 Å². The Labute approximate surface area is 725 Å². The summed E-state index contributed by atoms with van der Waals surface area (Å²) in [4.78, 5) is 28.4. The lowest BCUT2D eigenvalue weighted by atomic mass is 9.96. The Balaban J connectivity index is 0.000000114. The Bertz CT molecular complexity index is 7910. The summed E-state index contributed by atoms with van der Waals surface area (Å²) in [6, 6.07) is 144. The summed E-state index contributed by atoms with van der Waals surface area (Å²) in [5.41, 5.74) is 33.7. The quantitative estimate of drug-likeness (QED) is 0.111. The maximum absolute atomic E-state index is 6.35. The van der Waals surface area contributed by atoms with Crippen LogP contribution in [0, 0.1) is 0 Å². The van der Waals surface area contributed by atoms with Crippen LogP contribution in [0.25, 0.3) is 232 Å². The van der Waals surface area contributed by atoms with Gasteiger partial charge in [0, 0.05) is 114 Å². The topological polar surface area (TPSA) is 113 Å². The first-order valence-corrected chi connectivity index (χ1v) is 42.3. The van der Waals surface area contributed by atoms with Crippen LogP contribution < -0.4 is 0 Å². The highest BCUT2D eigenvalue weighted by Crippen LogP contribution is 2.43. The minimum atomic E-state index is 0.817. The van der Waals surface area contributed by atoms with Gasteiger partial charge in [0.05, 0.1) is 55.9 Å². The number of rotatable bonds is 12. The van der Waals surface area contributed by atoms with E-state index >= 15 is 0 Å². The fraction of sp³-hybridized carbons (Fsp3) is 0. The number of hydrogen-bond donors (Lipinski definition) is 0. The first-order chi connectivity index (χ1) is 62.5. The number of aromatic nitrogens is 8. The molecule has 0 amide bonds. The zero-order valence-corrected chi connectivity index (χ0v) is 68.1. The van der Waals surface area contributed by atoms with Crippen molar-refractivity contribution < 1.29 is 8.83 Å². The van der Waals surface area contributed by atoms with Gasteiger partial charge in [-0.25, -0.2) is 0 Å². The average molecular weight is 1610 g/mol. The number of pyridine rings is 6. The largest absolute Gasteiger partial charge is 0.455 e. The highest BCUT2D eigenvalue weighted by Gasteiger charge is 2.21. The van der Waals surface area contributed by atoms with Crippen molar-refractivity contribution in [1.82, 2.24) is 39.0 Å². The molecule has 126 heavy (non-hydrogen) atoms. The minimum Gasteiger partial charge on any atom is -0.455 e. The molecule has 0 aliphatic rings. The SMILES string of the molecule is c1cc(-c2ccnc(-c3cc(-c4cccc(-c5cccc6c5oc5ccccc56)c4)ccn3)c2)cc(-c2cccc3c2oc2ccccc23)c1.c1cc(-c2ccnc(-c3cc(-c4cccc(-n5c6ccccc6c6ccccc65)c4)ccn3)c2)cc(-n2c3ccccc3c3ccccc32)c1.c1ccc(-c2ccnc3c2ccc2c(-c4ccccc4)ccnc23)cc1. The number of nitrogens with zero attached hydrogens (tertiary/aromatic N) is 8. The van der Waals surface area contributed by atoms with E-state index in [1.54, 1.807) is 0 Å². The summed E-state index contributed by atoms with van der Waals surface area (Å²) in [6.45, 7) is 0. The number of hydrogen-bond acceptors (Lipinski definition) is 8. The second kappa shape index (κ2) is 31.8. The fourth-order valence-electron chi connectivity index (χ4n) is 18.3. The van der Waals surface area contributed by atoms with Crippen molar-refractivity contribution in [2.24, 2.45) is 0 Å². The lowest BCUT2D eigenvalue weighted by Crippen LogP contribution is -1.95. The molecule has 0 bridgehead atoms. The molecular weight excluding hydrogens is 1540 g/mol. The number of para-hydroxylation sites is 8. The second-order valence-electron chi connectivity index (χ2n) is 31.6. The molecule has 15 aromatic carbocycles. The Morgan fingerprint density at radius 2 is 0.444 bits per heavy atom. The van der Waals surface area contributed by atoms with Crippen molar-refractivity contribution in [1.29, 1.82) is 0 Å². The van der Waals surface area contributed by atoms with E-state index in [9.17, 15) is 0 Å². The molecule has 10 nitrogen and oxygen atoms in total. The van der Waals surface area contributed by atoms with Gasteiger partial charge < -0.3 is 18.0 Å². The number of benzene rings is 15. The third kappa shape index (κ3) is 13.5. The highest BCUT2D eigenvalue weighted by molar-refractivity contribution is 6.15. The number of furan rings is 2. The summed E-state index contributed by atoms with van der Waals surface area (Å²) < 4.78 is 17.4. The van der Waals surface area contributed by atoms with E-state index in [0.29, 0.717) is 0 Å². The predicted octanol–water partition coefficient (Wildman–Crippen LogP) is 30.4. The zero-order valence-electron chi connectivity index (χ0n) is 68.1. The molecule has 0 radical (unpaired) electrons. The molecule has 0 atom stereocenters. The Hall–Kier alpha value is -17.1. The van der Waals surface area contributed by atoms with Gasteiger partial charge in [0.25, 0.3) is 0 Å². The number of fused-ring (bicyclic) bond motifs is 15. The van der Waals surface area contributed by atoms with Gasteiger partial charge in [-0.2, -0.15) is 0 Å². The molecule has 0 spiro atoms. The summed E-state index contributed by atoms with van der Waals surface area (Å²) in [7, 11) is 0. The molecule has 0 unspecified atom stereocenters. The van der Waals surface area contributed by atoms with Crippen LogP contribution in [-0.2, 0) is 0 Å². The highest BCUT2D eigenvalue weighted by atomic mass is 16.3. The van der Waals surface area contributed by atoms with Crippen LogP contribution in [0.15, 0.2) is 459 Å². The van der Waals surface area contributed by atoms with Crippen LogP contribution in [0.3, 0.4) is 0 Å². The molecular formula is C116H74N8O2. The molecule has 0 saturated carbocycles. The van der Waals surface area contributed by atoms with Crippen molar-refractivity contribution in [2.45, 2.75) is 0 Å². The van der Waals surface area contributed by atoms with Crippen LogP contribution in [0.4, 0.5) is 0 Å². The van der Waals surface area contributed by atoms with E-state index in [4.69, 9.17) is 28.8 Å². The Kier molecular flexibility index (Phi) is 18.7. The van der Waals surface area contributed by atoms with Crippen LogP contribution in [0.5, 0.6) is 0 Å². The third-order valence-electron chi connectivity index (χ3n) is 24.2. The standard InChI is InChI=1S/C46H30N4.C46H28N2O2.C24H16N2/c1-5-19-43-37(15-1)38-16-2-6-20-44(38)49(43)35-13-9-11-31(27-35)33-23-25-47-41(29-33)42-30-34(24-26-48-42)32-12-10-14-36(28-32)50-45-21-7-3-17-39(45)40-18-4-8-22-46(40)50;1-3-19-43-37(13-1)39-17-7-15-35(45(39)49-43)33-11-5-9-29(25-33)31-21-23-47-41(27-31)42-28-32(22-24-48-42)30-10-6-12-34(26-30)36-16-8-18-40-38-14-2-4-20-44(38)50-46(36)40;1-3-7-17(8-4-1)19-13-15-25-23-21(19)11-12-22-20(14-16-26-24(22)23)18-9-5-2-6-10-18/h1-30H;1-28H;1-16H. The van der Waals surface area contributed by atoms with Gasteiger partial charge in [-0.05, 0) is 211 Å². The molecule has 25 rings (SSSR count). The first kappa shape index (κ1) is 74.0. The summed E-state index contributed by atoms with van der Waals surface area (Å²) in [5, 5.41) is 11.8. The molecule has 0 aliphatic carbocycles. The summed E-state index contributed by atoms with van der Waals surface area (Å²) in [5.74, 6) is 0. The van der Waals surface area contributed by atoms with Gasteiger partial charge in [-0.3, -0.25) is 29.9 Å². The molecule has 25 aromatic rings. The lowest BCUT2D eigenvalue weighted by Gasteiger charge is -2.12. The molecule has 10 heterocycles. The van der Waals surface area contributed by atoms with Crippen LogP contribution in [-0.4, -0.2) is 39.0 Å². The van der Waals surface area contributed by atoms with E-state index in [2.05, 4.69) is 395 Å². The summed E-state index contributed by atoms with van der Waals surface area (Å²) >= 11 is 0. The molecule has 590 valence electrons. The van der Waals surface area contributed by atoms with Crippen LogP contribution in [0.1, 0.15) is 0 Å². The monoisotopic (exact) mass is 1610 g/mol. The van der Waals surface area contributed by atoms with E-state index in [-0.39, 0.29) is 0 Å². The van der Waals surface area contributed by atoms with E-state index in [1.807, 2.05) is 73.6 Å². The maximum Gasteiger partial charge on any atom is 0.143 e. The lowest BCUT2D eigenvalue weighted by molar-refractivity contribution is 0.669. The zero-order chi connectivity index (χ0) is 83.4. The van der Waals surface area contributed by atoms with Crippen molar-refractivity contribution in [3.63, 3.8) is 0 Å². The molecule has 0 saturated heterocycles. The van der Waals surface area contributed by atoms with Gasteiger partial charge in [-0.15, -0.1) is 0 Å². The second-order valence-corrected chi connectivity index (χ2v) is 31.6. The fourth-order valence-corrected chi connectivity index (χ4v) is 18.3. The van der Waals surface area contributed by atoms with Gasteiger partial charge in [-0.1, -0.05) is 279 Å². The predicted molar refractivity (Wildman–Crippen MR) is 519 cm³/mol. The molecule has 0 N–H and O–H groups in total. The first-order valence-electron chi connectivity index (χ1n) is 42.3. The molecule has 0 fully saturated rings. The third-order valence-corrected chi connectivity index (χ3v) is 24.2. The Morgan fingerprint density at radius 3 is 0.817 bits per heavy atom. The van der Waals surface area contributed by atoms with Gasteiger partial charge >= 0.3 is 0 Å². The maximum atomic E-state index is 6.35. The van der Waals surface area contributed by atoms with Crippen molar-refractivity contribution in [3.8, 4) is 123 Å². The molecule has 10 aromatic heterocycles. The van der Waals surface area contributed by atoms with Crippen molar-refractivity contribution in [3.05, 3.63) is 450 Å².